The van der Waals surface area contributed by atoms with Gasteiger partial charge in [-0.2, -0.15) is 0 Å². The second-order valence-electron chi connectivity index (χ2n) is 5.70. The molecule has 0 atom stereocenters. The van der Waals surface area contributed by atoms with Crippen LogP contribution in [-0.4, -0.2) is 28.5 Å². The third-order valence-electron chi connectivity index (χ3n) is 3.85. The Morgan fingerprint density at radius 1 is 1.07 bits per heavy atom. The van der Waals surface area contributed by atoms with E-state index in [-0.39, 0.29) is 37.3 Å². The van der Waals surface area contributed by atoms with Crippen LogP contribution in [-0.2, 0) is 17.9 Å². The van der Waals surface area contributed by atoms with Gasteiger partial charge in [0.25, 0.3) is 0 Å². The smallest absolute Gasteiger partial charge is 0.240 e. The predicted molar refractivity (Wildman–Crippen MR) is 112 cm³/mol. The van der Waals surface area contributed by atoms with E-state index in [9.17, 15) is 4.79 Å². The van der Waals surface area contributed by atoms with Gasteiger partial charge >= 0.3 is 0 Å². The lowest BCUT2D eigenvalue weighted by Crippen LogP contribution is -2.30. The Bertz CT molecular complexity index is 840. The van der Waals surface area contributed by atoms with Crippen LogP contribution in [0.3, 0.4) is 0 Å². The molecular weight excluding hydrogens is 387 g/mol. The predicted octanol–water partition coefficient (Wildman–Crippen LogP) is 2.92. The van der Waals surface area contributed by atoms with E-state index in [0.29, 0.717) is 19.7 Å². The number of halogens is 2. The number of amides is 1. The Kier molecular flexibility index (Phi) is 9.64. The minimum absolute atomic E-state index is 0. The van der Waals surface area contributed by atoms with Gasteiger partial charge in [0, 0.05) is 6.54 Å². The first kappa shape index (κ1) is 22.8. The van der Waals surface area contributed by atoms with Gasteiger partial charge in [-0.05, 0) is 37.2 Å². The van der Waals surface area contributed by atoms with Crippen LogP contribution < -0.4 is 15.8 Å². The number of imidazole rings is 1. The van der Waals surface area contributed by atoms with Crippen LogP contribution in [0.2, 0.25) is 0 Å². The quantitative estimate of drug-likeness (QED) is 0.559. The number of carbonyl (C=O) groups is 1. The van der Waals surface area contributed by atoms with Crippen LogP contribution in [0.1, 0.15) is 12.2 Å². The third kappa shape index (κ3) is 6.13. The molecule has 0 aliphatic rings. The highest BCUT2D eigenvalue weighted by atomic mass is 35.5. The van der Waals surface area contributed by atoms with Crippen molar-refractivity contribution >= 4 is 41.8 Å². The molecule has 1 amide bonds. The van der Waals surface area contributed by atoms with Gasteiger partial charge in [-0.15, -0.1) is 24.8 Å². The molecule has 0 bridgehead atoms. The highest BCUT2D eigenvalue weighted by molar-refractivity contribution is 5.85. The summed E-state index contributed by atoms with van der Waals surface area (Å²) in [5.74, 6) is 1.44. The zero-order valence-corrected chi connectivity index (χ0v) is 16.5. The fraction of sp³-hybridized carbons (Fsp3) is 0.263. The summed E-state index contributed by atoms with van der Waals surface area (Å²) in [6.07, 6.45) is 0.764. The molecule has 3 aromatic rings. The minimum atomic E-state index is -0.0578. The molecule has 0 radical (unpaired) electrons. The zero-order chi connectivity index (χ0) is 17.5. The van der Waals surface area contributed by atoms with Crippen molar-refractivity contribution in [1.29, 1.82) is 0 Å². The number of ether oxygens (including phenoxy) is 1. The normalized spacial score (nSPS) is 9.96. The largest absolute Gasteiger partial charge is 0.486 e. The zero-order valence-electron chi connectivity index (χ0n) is 14.8. The maximum absolute atomic E-state index is 12.2. The van der Waals surface area contributed by atoms with Crippen molar-refractivity contribution in [3.8, 4) is 5.75 Å². The molecule has 1 aromatic heterocycles. The number of benzene rings is 2. The van der Waals surface area contributed by atoms with E-state index in [4.69, 9.17) is 10.5 Å². The lowest BCUT2D eigenvalue weighted by molar-refractivity contribution is -0.121. The number of aromatic nitrogens is 2. The van der Waals surface area contributed by atoms with Crippen LogP contribution in [0, 0.1) is 0 Å². The first-order valence-corrected chi connectivity index (χ1v) is 8.36. The van der Waals surface area contributed by atoms with Gasteiger partial charge in [0.1, 0.15) is 24.7 Å². The van der Waals surface area contributed by atoms with E-state index in [1.165, 1.54) is 0 Å². The minimum Gasteiger partial charge on any atom is -0.486 e. The fourth-order valence-electron chi connectivity index (χ4n) is 2.61. The number of nitrogens with zero attached hydrogens (tertiary/aromatic N) is 2. The Morgan fingerprint density at radius 3 is 2.52 bits per heavy atom. The number of fused-ring (bicyclic) bond motifs is 1. The summed E-state index contributed by atoms with van der Waals surface area (Å²) in [6.45, 7) is 1.65. The number of hydrogen-bond donors (Lipinski definition) is 2. The second-order valence-corrected chi connectivity index (χ2v) is 5.70. The molecule has 146 valence electrons. The molecule has 0 aliphatic carbocycles. The molecule has 1 heterocycles. The second kappa shape index (κ2) is 11.4. The topological polar surface area (TPSA) is 82.2 Å². The van der Waals surface area contributed by atoms with Gasteiger partial charge in [-0.3, -0.25) is 4.79 Å². The van der Waals surface area contributed by atoms with Crippen LogP contribution in [0.5, 0.6) is 5.75 Å². The molecule has 0 saturated carbocycles. The van der Waals surface area contributed by atoms with E-state index in [1.54, 1.807) is 0 Å². The van der Waals surface area contributed by atoms with Crippen molar-refractivity contribution in [2.75, 3.05) is 13.1 Å². The van der Waals surface area contributed by atoms with Crippen molar-refractivity contribution in [2.24, 2.45) is 5.73 Å². The summed E-state index contributed by atoms with van der Waals surface area (Å²) >= 11 is 0. The van der Waals surface area contributed by atoms with Crippen molar-refractivity contribution in [3.63, 3.8) is 0 Å². The lowest BCUT2D eigenvalue weighted by atomic mass is 10.3. The van der Waals surface area contributed by atoms with E-state index in [0.717, 1.165) is 29.0 Å². The Labute approximate surface area is 170 Å². The van der Waals surface area contributed by atoms with Crippen LogP contribution in [0.25, 0.3) is 11.0 Å². The maximum Gasteiger partial charge on any atom is 0.240 e. The molecule has 2 aromatic carbocycles. The van der Waals surface area contributed by atoms with E-state index < -0.39 is 0 Å². The molecule has 0 spiro atoms. The van der Waals surface area contributed by atoms with Gasteiger partial charge in [0.15, 0.2) is 0 Å². The monoisotopic (exact) mass is 410 g/mol. The molecule has 0 fully saturated rings. The van der Waals surface area contributed by atoms with E-state index >= 15 is 0 Å². The SMILES string of the molecule is Cl.Cl.NCCCNC(=O)Cn1c(COc2ccccc2)nc2ccccc21. The molecular formula is C19H24Cl2N4O2. The van der Waals surface area contributed by atoms with Gasteiger partial charge in [-0.1, -0.05) is 30.3 Å². The average Bonchev–Trinajstić information content (AvgIpc) is 2.99. The number of nitrogens with one attached hydrogen (secondary N) is 1. The number of rotatable bonds is 8. The highest BCUT2D eigenvalue weighted by Crippen LogP contribution is 2.18. The van der Waals surface area contributed by atoms with Crippen molar-refractivity contribution in [1.82, 2.24) is 14.9 Å². The summed E-state index contributed by atoms with van der Waals surface area (Å²) < 4.78 is 7.71. The molecule has 3 rings (SSSR count). The summed E-state index contributed by atoms with van der Waals surface area (Å²) in [5, 5.41) is 2.88. The first-order chi connectivity index (χ1) is 12.3. The van der Waals surface area contributed by atoms with Gasteiger partial charge in [0.2, 0.25) is 5.91 Å². The van der Waals surface area contributed by atoms with Crippen molar-refractivity contribution < 1.29 is 9.53 Å². The maximum atomic E-state index is 12.2. The van der Waals surface area contributed by atoms with E-state index in [1.807, 2.05) is 59.2 Å². The third-order valence-corrected chi connectivity index (χ3v) is 3.85. The molecule has 27 heavy (non-hydrogen) atoms. The molecule has 3 N–H and O–H groups in total. The molecule has 6 nitrogen and oxygen atoms in total. The first-order valence-electron chi connectivity index (χ1n) is 8.36. The van der Waals surface area contributed by atoms with Crippen molar-refractivity contribution in [2.45, 2.75) is 19.6 Å². The Morgan fingerprint density at radius 2 is 1.78 bits per heavy atom. The highest BCUT2D eigenvalue weighted by Gasteiger charge is 2.14. The summed E-state index contributed by atoms with van der Waals surface area (Å²) in [7, 11) is 0. The van der Waals surface area contributed by atoms with Gasteiger partial charge in [-0.25, -0.2) is 4.98 Å². The summed E-state index contributed by atoms with van der Waals surface area (Å²) in [6, 6.07) is 17.3. The van der Waals surface area contributed by atoms with Crippen LogP contribution in [0.4, 0.5) is 0 Å². The Balaban J connectivity index is 0.00000182. The summed E-state index contributed by atoms with van der Waals surface area (Å²) in [5.41, 5.74) is 7.23. The van der Waals surface area contributed by atoms with Gasteiger partial charge < -0.3 is 20.4 Å². The molecule has 0 unspecified atom stereocenters. The number of hydrogen-bond acceptors (Lipinski definition) is 4. The standard InChI is InChI=1S/C19H22N4O2.2ClH/c20-11-6-12-21-19(24)13-23-17-10-5-4-9-16(17)22-18(23)14-25-15-7-2-1-3-8-15;;/h1-5,7-10H,6,11-14,20H2,(H,21,24);2*1H. The number of para-hydroxylation sites is 3. The van der Waals surface area contributed by atoms with E-state index in [2.05, 4.69) is 10.3 Å². The Hall–Kier alpha value is -2.28. The number of carbonyl (C=O) groups excluding carboxylic acids is 1. The lowest BCUT2D eigenvalue weighted by Gasteiger charge is -2.11. The molecule has 8 heteroatoms. The average molecular weight is 411 g/mol. The van der Waals surface area contributed by atoms with Gasteiger partial charge in [0.05, 0.1) is 11.0 Å². The fourth-order valence-corrected chi connectivity index (χ4v) is 2.61. The molecule has 0 saturated heterocycles. The van der Waals surface area contributed by atoms with Crippen molar-refractivity contribution in [3.05, 3.63) is 60.4 Å². The van der Waals surface area contributed by atoms with Crippen LogP contribution in [0.15, 0.2) is 54.6 Å². The molecule has 0 aliphatic heterocycles. The summed E-state index contributed by atoms with van der Waals surface area (Å²) in [4.78, 5) is 16.8. The van der Waals surface area contributed by atoms with Crippen LogP contribution >= 0.6 is 24.8 Å². The number of nitrogens with two attached hydrogens (primary N) is 1.